The number of oxazole rings is 1. The quantitative estimate of drug-likeness (QED) is 0.862. The van der Waals surface area contributed by atoms with Gasteiger partial charge >= 0.3 is 5.97 Å². The number of aromatic nitrogens is 1. The minimum atomic E-state index is -0.759. The molecule has 1 heterocycles. The Kier molecular flexibility index (Phi) is 2.02. The summed E-state index contributed by atoms with van der Waals surface area (Å²) < 4.78 is 5.68. The molecule has 0 spiro atoms. The number of fused-ring (bicyclic) bond motifs is 1. The van der Waals surface area contributed by atoms with Crippen molar-refractivity contribution in [3.63, 3.8) is 0 Å². The molecule has 1 saturated carbocycles. The van der Waals surface area contributed by atoms with Gasteiger partial charge in [-0.3, -0.25) is 4.79 Å². The van der Waals surface area contributed by atoms with E-state index in [1.54, 1.807) is 0 Å². The lowest BCUT2D eigenvalue weighted by Crippen LogP contribution is -1.98. The van der Waals surface area contributed by atoms with Gasteiger partial charge in [0.2, 0.25) is 0 Å². The molecule has 1 aromatic heterocycles. The van der Waals surface area contributed by atoms with Crippen molar-refractivity contribution in [2.24, 2.45) is 5.92 Å². The predicted octanol–water partition coefficient (Wildman–Crippen LogP) is 2.63. The fraction of sp³-hybridized carbons (Fsp3) is 0.385. The van der Waals surface area contributed by atoms with Crippen LogP contribution >= 0.6 is 0 Å². The first-order valence-corrected chi connectivity index (χ1v) is 5.67. The monoisotopic (exact) mass is 231 g/mol. The van der Waals surface area contributed by atoms with E-state index < -0.39 is 5.97 Å². The third kappa shape index (κ3) is 1.60. The zero-order valence-electron chi connectivity index (χ0n) is 9.73. The van der Waals surface area contributed by atoms with Crippen LogP contribution in [0.15, 0.2) is 16.5 Å². The first-order valence-electron chi connectivity index (χ1n) is 5.67. The average Bonchev–Trinajstić information content (AvgIpc) is 2.93. The summed E-state index contributed by atoms with van der Waals surface area (Å²) in [5.41, 5.74) is 3.79. The number of hydrogen-bond acceptors (Lipinski definition) is 3. The Hall–Kier alpha value is -1.84. The lowest BCUT2D eigenvalue weighted by Gasteiger charge is -1.95. The second kappa shape index (κ2) is 3.32. The van der Waals surface area contributed by atoms with E-state index in [9.17, 15) is 4.79 Å². The van der Waals surface area contributed by atoms with Crippen molar-refractivity contribution in [1.29, 1.82) is 0 Å². The number of hydrogen-bond donors (Lipinski definition) is 1. The standard InChI is InChI=1S/C13H13NO3/c1-6-3-7(2)11-10(4-6)14-12(17-11)8-5-9(8)13(15)16/h3-4,8-9H,5H2,1-2H3,(H,15,16). The van der Waals surface area contributed by atoms with Crippen LogP contribution in [0.2, 0.25) is 0 Å². The van der Waals surface area contributed by atoms with Crippen LogP contribution in [0.25, 0.3) is 11.1 Å². The molecule has 1 aliphatic carbocycles. The highest BCUT2D eigenvalue weighted by Gasteiger charge is 2.47. The van der Waals surface area contributed by atoms with Crippen molar-refractivity contribution in [2.75, 3.05) is 0 Å². The molecule has 0 bridgehead atoms. The van der Waals surface area contributed by atoms with Crippen molar-refractivity contribution in [2.45, 2.75) is 26.2 Å². The summed E-state index contributed by atoms with van der Waals surface area (Å²) in [7, 11) is 0. The molecule has 0 aliphatic heterocycles. The summed E-state index contributed by atoms with van der Waals surface area (Å²) >= 11 is 0. The number of aliphatic carboxylic acids is 1. The number of aryl methyl sites for hydroxylation is 2. The van der Waals surface area contributed by atoms with Crippen molar-refractivity contribution in [1.82, 2.24) is 4.98 Å². The van der Waals surface area contributed by atoms with Crippen molar-refractivity contribution in [3.8, 4) is 0 Å². The van der Waals surface area contributed by atoms with Gasteiger partial charge in [-0.25, -0.2) is 4.98 Å². The van der Waals surface area contributed by atoms with Gasteiger partial charge in [-0.1, -0.05) is 6.07 Å². The molecule has 4 nitrogen and oxygen atoms in total. The number of carbonyl (C=O) groups is 1. The third-order valence-corrected chi connectivity index (χ3v) is 3.26. The van der Waals surface area contributed by atoms with Crippen LogP contribution in [0.3, 0.4) is 0 Å². The van der Waals surface area contributed by atoms with Crippen LogP contribution < -0.4 is 0 Å². The van der Waals surface area contributed by atoms with Gasteiger partial charge < -0.3 is 9.52 Å². The highest BCUT2D eigenvalue weighted by molar-refractivity contribution is 5.78. The maximum absolute atomic E-state index is 10.8. The summed E-state index contributed by atoms with van der Waals surface area (Å²) in [5.74, 6) is -0.546. The maximum Gasteiger partial charge on any atom is 0.307 e. The zero-order chi connectivity index (χ0) is 12.2. The molecule has 2 aromatic rings. The number of carboxylic acids is 1. The largest absolute Gasteiger partial charge is 0.481 e. The Bertz CT molecular complexity index is 614. The first-order chi connectivity index (χ1) is 8.06. The fourth-order valence-corrected chi connectivity index (χ4v) is 2.29. The molecule has 2 atom stereocenters. The lowest BCUT2D eigenvalue weighted by atomic mass is 10.1. The summed E-state index contributed by atoms with van der Waals surface area (Å²) in [6.45, 7) is 3.99. The van der Waals surface area contributed by atoms with Crippen LogP contribution in [0.1, 0.15) is 29.4 Å². The zero-order valence-corrected chi connectivity index (χ0v) is 9.73. The van der Waals surface area contributed by atoms with E-state index in [0.29, 0.717) is 12.3 Å². The van der Waals surface area contributed by atoms with E-state index in [0.717, 1.165) is 22.2 Å². The normalized spacial score (nSPS) is 22.9. The molecule has 0 radical (unpaired) electrons. The first kappa shape index (κ1) is 10.3. The third-order valence-electron chi connectivity index (χ3n) is 3.26. The molecule has 17 heavy (non-hydrogen) atoms. The van der Waals surface area contributed by atoms with Crippen molar-refractivity contribution >= 4 is 17.1 Å². The minimum Gasteiger partial charge on any atom is -0.481 e. The molecule has 88 valence electrons. The predicted molar refractivity (Wildman–Crippen MR) is 62.0 cm³/mol. The van der Waals surface area contributed by atoms with E-state index in [2.05, 4.69) is 4.98 Å². The Morgan fingerprint density at radius 1 is 1.47 bits per heavy atom. The Morgan fingerprint density at radius 2 is 2.24 bits per heavy atom. The molecule has 1 aliphatic rings. The van der Waals surface area contributed by atoms with Gasteiger partial charge in [-0.2, -0.15) is 0 Å². The molecule has 2 unspecified atom stereocenters. The summed E-state index contributed by atoms with van der Waals surface area (Å²) in [6.07, 6.45) is 0.639. The molecule has 0 amide bonds. The molecular weight excluding hydrogens is 218 g/mol. The molecule has 1 fully saturated rings. The number of nitrogens with zero attached hydrogens (tertiary/aromatic N) is 1. The van der Waals surface area contributed by atoms with Gasteiger partial charge in [0.1, 0.15) is 5.52 Å². The minimum absolute atomic E-state index is 0.0420. The molecule has 4 heteroatoms. The fourth-order valence-electron chi connectivity index (χ4n) is 2.29. The molecule has 3 rings (SSSR count). The molecule has 1 aromatic carbocycles. The van der Waals surface area contributed by atoms with Gasteiger partial charge in [0.25, 0.3) is 0 Å². The second-order valence-corrected chi connectivity index (χ2v) is 4.77. The second-order valence-electron chi connectivity index (χ2n) is 4.77. The van der Waals surface area contributed by atoms with Gasteiger partial charge in [-0.05, 0) is 37.5 Å². The van der Waals surface area contributed by atoms with Crippen molar-refractivity contribution < 1.29 is 14.3 Å². The lowest BCUT2D eigenvalue weighted by molar-refractivity contribution is -0.138. The van der Waals surface area contributed by atoms with E-state index >= 15 is 0 Å². The maximum atomic E-state index is 10.8. The SMILES string of the molecule is Cc1cc(C)c2oc(C3CC3C(=O)O)nc2c1. The van der Waals surface area contributed by atoms with Gasteiger partial charge in [0.05, 0.1) is 5.92 Å². The summed E-state index contributed by atoms with van der Waals surface area (Å²) in [5, 5.41) is 8.89. The van der Waals surface area contributed by atoms with E-state index in [4.69, 9.17) is 9.52 Å². The summed E-state index contributed by atoms with van der Waals surface area (Å²) in [6, 6.07) is 4.01. The van der Waals surface area contributed by atoms with E-state index in [1.165, 1.54) is 0 Å². The highest BCUT2D eigenvalue weighted by atomic mass is 16.4. The number of carboxylic acid groups (broad SMARTS) is 1. The highest BCUT2D eigenvalue weighted by Crippen LogP contribution is 2.47. The van der Waals surface area contributed by atoms with E-state index in [-0.39, 0.29) is 11.8 Å². The smallest absolute Gasteiger partial charge is 0.307 e. The van der Waals surface area contributed by atoms with E-state index in [1.807, 2.05) is 26.0 Å². The van der Waals surface area contributed by atoms with Crippen LogP contribution in [0.4, 0.5) is 0 Å². The Morgan fingerprint density at radius 3 is 2.88 bits per heavy atom. The Labute approximate surface area is 98.3 Å². The van der Waals surface area contributed by atoms with Crippen LogP contribution in [0.5, 0.6) is 0 Å². The van der Waals surface area contributed by atoms with Crippen LogP contribution in [-0.4, -0.2) is 16.1 Å². The van der Waals surface area contributed by atoms with Crippen LogP contribution in [-0.2, 0) is 4.79 Å². The van der Waals surface area contributed by atoms with Crippen LogP contribution in [0, 0.1) is 19.8 Å². The molecule has 1 N–H and O–H groups in total. The number of benzene rings is 1. The average molecular weight is 231 g/mol. The number of rotatable bonds is 2. The molecular formula is C13H13NO3. The molecule has 0 saturated heterocycles. The van der Waals surface area contributed by atoms with Crippen molar-refractivity contribution in [3.05, 3.63) is 29.2 Å². The van der Waals surface area contributed by atoms with Gasteiger partial charge in [-0.15, -0.1) is 0 Å². The van der Waals surface area contributed by atoms with Gasteiger partial charge in [0.15, 0.2) is 11.5 Å². The Balaban J connectivity index is 2.03. The summed E-state index contributed by atoms with van der Waals surface area (Å²) in [4.78, 5) is 15.2. The van der Waals surface area contributed by atoms with Gasteiger partial charge in [0, 0.05) is 5.92 Å². The topological polar surface area (TPSA) is 63.3 Å².